The van der Waals surface area contributed by atoms with Crippen LogP contribution in [0.5, 0.6) is 0 Å². The fraction of sp³-hybridized carbons (Fsp3) is 0.818. The van der Waals surface area contributed by atoms with Gasteiger partial charge in [0.25, 0.3) is 0 Å². The minimum atomic E-state index is -0.255. The molecule has 0 aromatic heterocycles. The van der Waals surface area contributed by atoms with Crippen molar-refractivity contribution >= 4 is 11.8 Å². The molecule has 5 nitrogen and oxygen atoms in total. The smallest absolute Gasteiger partial charge is 0.241 e. The standard InChI is InChI=1S/C11H19N3O2/c1-11(2)4-3-5-14(11)10(16)8-6-13-9(15)7-12-8/h8,12H,3-7H2,1-2H3,(H,13,15). The van der Waals surface area contributed by atoms with Crippen molar-refractivity contribution in [2.45, 2.75) is 38.3 Å². The minimum absolute atomic E-state index is 0.0373. The summed E-state index contributed by atoms with van der Waals surface area (Å²) in [5, 5.41) is 5.69. The molecule has 0 aromatic rings. The summed E-state index contributed by atoms with van der Waals surface area (Å²) in [4.78, 5) is 25.1. The Bertz CT molecular complexity index is 304. The van der Waals surface area contributed by atoms with Gasteiger partial charge in [-0.05, 0) is 26.7 Å². The van der Waals surface area contributed by atoms with E-state index >= 15 is 0 Å². The van der Waals surface area contributed by atoms with Crippen molar-refractivity contribution in [3.05, 3.63) is 0 Å². The van der Waals surface area contributed by atoms with Crippen LogP contribution in [0.3, 0.4) is 0 Å². The van der Waals surface area contributed by atoms with Crippen molar-refractivity contribution in [2.75, 3.05) is 19.6 Å². The Labute approximate surface area is 95.6 Å². The van der Waals surface area contributed by atoms with Crippen LogP contribution in [0.25, 0.3) is 0 Å². The van der Waals surface area contributed by atoms with Crippen LogP contribution in [0.4, 0.5) is 0 Å². The highest BCUT2D eigenvalue weighted by Crippen LogP contribution is 2.28. The molecule has 0 aromatic carbocycles. The van der Waals surface area contributed by atoms with Crippen LogP contribution in [0.1, 0.15) is 26.7 Å². The van der Waals surface area contributed by atoms with Crippen LogP contribution >= 0.6 is 0 Å². The Balaban J connectivity index is 1.99. The third-order valence-corrected chi connectivity index (χ3v) is 3.48. The molecule has 16 heavy (non-hydrogen) atoms. The van der Waals surface area contributed by atoms with Crippen LogP contribution in [0, 0.1) is 0 Å². The van der Waals surface area contributed by atoms with E-state index in [9.17, 15) is 9.59 Å². The van der Waals surface area contributed by atoms with Gasteiger partial charge in [0.1, 0.15) is 6.04 Å². The summed E-state index contributed by atoms with van der Waals surface area (Å²) in [5.41, 5.74) is -0.0414. The van der Waals surface area contributed by atoms with Gasteiger partial charge in [-0.1, -0.05) is 0 Å². The summed E-state index contributed by atoms with van der Waals surface area (Å²) in [6.45, 7) is 5.67. The summed E-state index contributed by atoms with van der Waals surface area (Å²) in [7, 11) is 0. The van der Waals surface area contributed by atoms with Crippen molar-refractivity contribution < 1.29 is 9.59 Å². The van der Waals surface area contributed by atoms with Crippen molar-refractivity contribution in [1.82, 2.24) is 15.5 Å². The summed E-state index contributed by atoms with van der Waals surface area (Å²) in [6, 6.07) is -0.255. The number of rotatable bonds is 1. The summed E-state index contributed by atoms with van der Waals surface area (Å²) in [5.74, 6) is 0.0761. The fourth-order valence-corrected chi connectivity index (χ4v) is 2.45. The second kappa shape index (κ2) is 4.05. The molecule has 0 saturated carbocycles. The summed E-state index contributed by atoms with van der Waals surface area (Å²) < 4.78 is 0. The van der Waals surface area contributed by atoms with Crippen molar-refractivity contribution in [1.29, 1.82) is 0 Å². The second-order valence-electron chi connectivity index (χ2n) is 5.14. The first-order valence-electron chi connectivity index (χ1n) is 5.82. The number of nitrogens with zero attached hydrogens (tertiary/aromatic N) is 1. The Hall–Kier alpha value is -1.10. The number of carbonyl (C=O) groups is 2. The molecule has 2 rings (SSSR count). The van der Waals surface area contributed by atoms with E-state index in [1.54, 1.807) is 0 Å². The summed E-state index contributed by atoms with van der Waals surface area (Å²) in [6.07, 6.45) is 2.12. The van der Waals surface area contributed by atoms with E-state index in [1.165, 1.54) is 0 Å². The fourth-order valence-electron chi connectivity index (χ4n) is 2.45. The highest BCUT2D eigenvalue weighted by molar-refractivity contribution is 5.87. The van der Waals surface area contributed by atoms with Crippen LogP contribution < -0.4 is 10.6 Å². The van der Waals surface area contributed by atoms with Gasteiger partial charge >= 0.3 is 0 Å². The van der Waals surface area contributed by atoms with E-state index < -0.39 is 0 Å². The molecule has 1 unspecified atom stereocenters. The molecule has 5 heteroatoms. The lowest BCUT2D eigenvalue weighted by molar-refractivity contribution is -0.137. The van der Waals surface area contributed by atoms with Crippen molar-refractivity contribution in [2.24, 2.45) is 0 Å². The van der Waals surface area contributed by atoms with Gasteiger partial charge in [0.15, 0.2) is 0 Å². The number of likely N-dealkylation sites (tertiary alicyclic amines) is 1. The normalized spacial score (nSPS) is 29.0. The molecule has 0 radical (unpaired) electrons. The van der Waals surface area contributed by atoms with E-state index in [0.717, 1.165) is 19.4 Å². The zero-order valence-corrected chi connectivity index (χ0v) is 9.88. The molecule has 2 N–H and O–H groups in total. The van der Waals surface area contributed by atoms with E-state index in [4.69, 9.17) is 0 Å². The predicted octanol–water partition coefficient (Wildman–Crippen LogP) is -0.525. The Kier molecular flexibility index (Phi) is 2.88. The Morgan fingerprint density at radius 1 is 1.50 bits per heavy atom. The third-order valence-electron chi connectivity index (χ3n) is 3.48. The molecule has 90 valence electrons. The molecule has 2 aliphatic rings. The first-order valence-corrected chi connectivity index (χ1v) is 5.82. The highest BCUT2D eigenvalue weighted by Gasteiger charge is 2.39. The number of amides is 2. The van der Waals surface area contributed by atoms with E-state index in [-0.39, 0.29) is 29.9 Å². The Morgan fingerprint density at radius 2 is 2.25 bits per heavy atom. The highest BCUT2D eigenvalue weighted by atomic mass is 16.2. The molecule has 2 heterocycles. The summed E-state index contributed by atoms with van der Waals surface area (Å²) >= 11 is 0. The molecule has 0 spiro atoms. The Morgan fingerprint density at radius 3 is 2.75 bits per heavy atom. The average Bonchev–Trinajstić information content (AvgIpc) is 2.58. The van der Waals surface area contributed by atoms with Gasteiger partial charge < -0.3 is 10.2 Å². The molecule has 2 aliphatic heterocycles. The maximum atomic E-state index is 12.2. The molecule has 0 bridgehead atoms. The molecule has 0 aliphatic carbocycles. The van der Waals surface area contributed by atoms with E-state index in [2.05, 4.69) is 24.5 Å². The van der Waals surface area contributed by atoms with Crippen molar-refractivity contribution in [3.63, 3.8) is 0 Å². The lowest BCUT2D eigenvalue weighted by Crippen LogP contribution is -2.60. The van der Waals surface area contributed by atoms with Crippen LogP contribution in [-0.2, 0) is 9.59 Å². The van der Waals surface area contributed by atoms with Crippen molar-refractivity contribution in [3.8, 4) is 0 Å². The van der Waals surface area contributed by atoms with Gasteiger partial charge in [-0.3, -0.25) is 14.9 Å². The molecular formula is C11H19N3O2. The first kappa shape index (κ1) is 11.4. The molecule has 1 atom stereocenters. The van der Waals surface area contributed by atoms with Gasteiger partial charge in [0.05, 0.1) is 6.54 Å². The molecular weight excluding hydrogens is 206 g/mol. The predicted molar refractivity (Wildman–Crippen MR) is 59.8 cm³/mol. The lowest BCUT2D eigenvalue weighted by Gasteiger charge is -2.35. The van der Waals surface area contributed by atoms with Gasteiger partial charge in [-0.2, -0.15) is 0 Å². The van der Waals surface area contributed by atoms with Gasteiger partial charge in [0, 0.05) is 18.6 Å². The van der Waals surface area contributed by atoms with E-state index in [0.29, 0.717) is 6.54 Å². The topological polar surface area (TPSA) is 61.4 Å². The molecule has 2 saturated heterocycles. The number of hydrogen-bond donors (Lipinski definition) is 2. The lowest BCUT2D eigenvalue weighted by atomic mass is 10.0. The number of nitrogens with one attached hydrogen (secondary N) is 2. The maximum Gasteiger partial charge on any atom is 0.241 e. The second-order valence-corrected chi connectivity index (χ2v) is 5.14. The quantitative estimate of drug-likeness (QED) is 0.631. The van der Waals surface area contributed by atoms with Gasteiger partial charge in [0.2, 0.25) is 11.8 Å². The van der Waals surface area contributed by atoms with Crippen LogP contribution in [0.2, 0.25) is 0 Å². The number of piperazine rings is 1. The monoisotopic (exact) mass is 225 g/mol. The first-order chi connectivity index (χ1) is 7.50. The molecule has 2 amide bonds. The van der Waals surface area contributed by atoms with Gasteiger partial charge in [-0.25, -0.2) is 0 Å². The zero-order chi connectivity index (χ0) is 11.8. The number of hydrogen-bond acceptors (Lipinski definition) is 3. The minimum Gasteiger partial charge on any atom is -0.353 e. The maximum absolute atomic E-state index is 12.2. The average molecular weight is 225 g/mol. The zero-order valence-electron chi connectivity index (χ0n) is 9.88. The third kappa shape index (κ3) is 2.04. The van der Waals surface area contributed by atoms with Crippen LogP contribution in [0.15, 0.2) is 0 Å². The van der Waals surface area contributed by atoms with E-state index in [1.807, 2.05) is 4.90 Å². The SMILES string of the molecule is CC1(C)CCCN1C(=O)C1CNC(=O)CN1. The number of carbonyl (C=O) groups excluding carboxylic acids is 2. The van der Waals surface area contributed by atoms with Crippen LogP contribution in [-0.4, -0.2) is 47.9 Å². The molecule has 2 fully saturated rings. The largest absolute Gasteiger partial charge is 0.353 e. The van der Waals surface area contributed by atoms with Gasteiger partial charge in [-0.15, -0.1) is 0 Å².